The van der Waals surface area contributed by atoms with E-state index in [9.17, 15) is 18.0 Å². The van der Waals surface area contributed by atoms with Crippen LogP contribution in [0, 0.1) is 6.92 Å². The highest BCUT2D eigenvalue weighted by Gasteiger charge is 2.28. The van der Waals surface area contributed by atoms with Gasteiger partial charge in [0.2, 0.25) is 10.0 Å². The monoisotopic (exact) mass is 459 g/mol. The summed E-state index contributed by atoms with van der Waals surface area (Å²) in [4.78, 5) is 28.6. The number of ether oxygens (including phenoxy) is 2. The van der Waals surface area contributed by atoms with E-state index in [1.165, 1.54) is 29.6 Å². The molecule has 2 aromatic rings. The molecule has 10 heteroatoms. The average molecular weight is 460 g/mol. The summed E-state index contributed by atoms with van der Waals surface area (Å²) >= 11 is 0. The van der Waals surface area contributed by atoms with E-state index >= 15 is 0 Å². The van der Waals surface area contributed by atoms with Crippen molar-refractivity contribution < 1.29 is 27.5 Å². The fraction of sp³-hybridized carbons (Fsp3) is 0.364. The second-order valence-corrected chi connectivity index (χ2v) is 9.55. The summed E-state index contributed by atoms with van der Waals surface area (Å²) in [5, 5.41) is 2.75. The van der Waals surface area contributed by atoms with Crippen molar-refractivity contribution >= 4 is 27.4 Å². The number of sulfonamides is 1. The van der Waals surface area contributed by atoms with Crippen LogP contribution in [-0.4, -0.2) is 62.8 Å². The topological polar surface area (TPSA) is 118 Å². The number of hydrogen-bond acceptors (Lipinski definition) is 6. The van der Waals surface area contributed by atoms with Gasteiger partial charge in [-0.25, -0.2) is 8.42 Å². The number of benzene rings is 1. The Morgan fingerprint density at radius 2 is 1.91 bits per heavy atom. The number of allylic oxidation sites excluding steroid dienone is 2. The Balaban J connectivity index is 1.67. The lowest BCUT2D eigenvalue weighted by atomic mass is 10.0. The maximum absolute atomic E-state index is 13.1. The van der Waals surface area contributed by atoms with E-state index in [1.54, 1.807) is 13.0 Å². The van der Waals surface area contributed by atoms with E-state index in [2.05, 4.69) is 10.3 Å². The summed E-state index contributed by atoms with van der Waals surface area (Å²) in [5.41, 5.74) is 2.31. The molecule has 0 spiro atoms. The maximum Gasteiger partial charge on any atom is 0.272 e. The number of carbonyl (C=O) groups is 2. The Kier molecular flexibility index (Phi) is 6.18. The molecule has 1 amide bonds. The molecule has 0 radical (unpaired) electrons. The molecule has 4 rings (SSSR count). The molecule has 1 aromatic heterocycles. The first-order chi connectivity index (χ1) is 15.3. The highest BCUT2D eigenvalue weighted by atomic mass is 32.2. The lowest BCUT2D eigenvalue weighted by Crippen LogP contribution is -2.40. The van der Waals surface area contributed by atoms with Gasteiger partial charge < -0.3 is 19.8 Å². The highest BCUT2D eigenvalue weighted by molar-refractivity contribution is 7.89. The fourth-order valence-corrected chi connectivity index (χ4v) is 5.45. The second-order valence-electron chi connectivity index (χ2n) is 7.61. The number of H-pyrrole nitrogens is 1. The van der Waals surface area contributed by atoms with Crippen LogP contribution in [0.5, 0.6) is 5.75 Å². The number of Topliss-reactive ketones (excluding diaryl/α,β-unsaturated/α-hetero) is 1. The molecular formula is C22H25N3O6S. The number of fused-ring (bicyclic) bond motifs is 1. The van der Waals surface area contributed by atoms with Crippen LogP contribution in [-0.2, 0) is 21.2 Å². The molecule has 2 heterocycles. The Morgan fingerprint density at radius 1 is 1.19 bits per heavy atom. The lowest BCUT2D eigenvalue weighted by Gasteiger charge is -2.26. The largest absolute Gasteiger partial charge is 0.495 e. The van der Waals surface area contributed by atoms with Gasteiger partial charge >= 0.3 is 0 Å². The number of ketones is 1. The molecule has 0 saturated carbocycles. The minimum absolute atomic E-state index is 0.0438. The average Bonchev–Trinajstić information content (AvgIpc) is 3.00. The molecule has 1 aliphatic heterocycles. The molecule has 1 aromatic carbocycles. The number of hydrogen-bond donors (Lipinski definition) is 2. The summed E-state index contributed by atoms with van der Waals surface area (Å²) in [7, 11) is -2.31. The molecular weight excluding hydrogens is 434 g/mol. The number of morpholine rings is 1. The number of anilines is 1. The number of nitrogens with zero attached hydrogens (tertiary/aromatic N) is 1. The lowest BCUT2D eigenvalue weighted by molar-refractivity contribution is 0.0730. The first kappa shape index (κ1) is 22.3. The van der Waals surface area contributed by atoms with Gasteiger partial charge in [-0.1, -0.05) is 12.2 Å². The van der Waals surface area contributed by atoms with E-state index in [4.69, 9.17) is 9.47 Å². The Hall–Kier alpha value is -2.95. The standard InChI is InChI=1S/C22H25N3O6S/c1-14-20-16(5-3-4-6-18(20)26)21(23-14)22(27)24-17-13-15(7-8-19(17)30-2)32(28,29)25-9-11-31-12-10-25/h3-4,7-8,13,23H,5-6,9-12H2,1-2H3,(H,24,27). The smallest absolute Gasteiger partial charge is 0.272 e. The third-order valence-corrected chi connectivity index (χ3v) is 7.51. The number of methoxy groups -OCH3 is 1. The van der Waals surface area contributed by atoms with Gasteiger partial charge in [-0.15, -0.1) is 0 Å². The number of aromatic nitrogens is 1. The summed E-state index contributed by atoms with van der Waals surface area (Å²) in [6, 6.07) is 4.35. The molecule has 1 saturated heterocycles. The van der Waals surface area contributed by atoms with Crippen molar-refractivity contribution in [2.24, 2.45) is 0 Å². The Bertz CT molecular complexity index is 1190. The van der Waals surface area contributed by atoms with Crippen molar-refractivity contribution in [2.45, 2.75) is 24.7 Å². The molecule has 32 heavy (non-hydrogen) atoms. The van der Waals surface area contributed by atoms with E-state index < -0.39 is 15.9 Å². The van der Waals surface area contributed by atoms with E-state index in [1.807, 2.05) is 6.08 Å². The zero-order chi connectivity index (χ0) is 22.9. The molecule has 2 N–H and O–H groups in total. The third kappa shape index (κ3) is 4.08. The van der Waals surface area contributed by atoms with Gasteiger partial charge in [-0.2, -0.15) is 4.31 Å². The molecule has 0 bridgehead atoms. The molecule has 2 aliphatic rings. The third-order valence-electron chi connectivity index (χ3n) is 5.62. The molecule has 9 nitrogen and oxygen atoms in total. The number of amides is 1. The van der Waals surface area contributed by atoms with E-state index in [0.29, 0.717) is 48.6 Å². The first-order valence-electron chi connectivity index (χ1n) is 10.3. The van der Waals surface area contributed by atoms with Gasteiger partial charge in [0.25, 0.3) is 5.91 Å². The van der Waals surface area contributed by atoms with Crippen molar-refractivity contribution in [1.82, 2.24) is 9.29 Å². The normalized spacial score (nSPS) is 17.0. The maximum atomic E-state index is 13.1. The van der Waals surface area contributed by atoms with Crippen LogP contribution in [0.2, 0.25) is 0 Å². The van der Waals surface area contributed by atoms with Crippen molar-refractivity contribution in [1.29, 1.82) is 0 Å². The Labute approximate surface area is 186 Å². The number of aromatic amines is 1. The highest BCUT2D eigenvalue weighted by Crippen LogP contribution is 2.31. The van der Waals surface area contributed by atoms with Crippen LogP contribution in [0.15, 0.2) is 35.2 Å². The summed E-state index contributed by atoms with van der Waals surface area (Å²) in [6.07, 6.45) is 4.41. The van der Waals surface area contributed by atoms with Crippen molar-refractivity contribution in [3.8, 4) is 5.75 Å². The predicted molar refractivity (Wildman–Crippen MR) is 118 cm³/mol. The molecule has 0 atom stereocenters. The summed E-state index contributed by atoms with van der Waals surface area (Å²) in [6.45, 7) is 2.97. The predicted octanol–water partition coefficient (Wildman–Crippen LogP) is 2.29. The molecule has 1 aliphatic carbocycles. The molecule has 0 unspecified atom stereocenters. The molecule has 170 valence electrons. The summed E-state index contributed by atoms with van der Waals surface area (Å²) in [5.74, 6) is -0.195. The van der Waals surface area contributed by atoms with Gasteiger partial charge in [-0.05, 0) is 37.1 Å². The van der Waals surface area contributed by atoms with E-state index in [-0.39, 0.29) is 35.1 Å². The van der Waals surface area contributed by atoms with Crippen LogP contribution < -0.4 is 10.1 Å². The van der Waals surface area contributed by atoms with Crippen LogP contribution in [0.4, 0.5) is 5.69 Å². The van der Waals surface area contributed by atoms with E-state index in [0.717, 1.165) is 0 Å². The van der Waals surface area contributed by atoms with Gasteiger partial charge in [0.15, 0.2) is 5.78 Å². The van der Waals surface area contributed by atoms with Crippen molar-refractivity contribution in [3.63, 3.8) is 0 Å². The zero-order valence-electron chi connectivity index (χ0n) is 17.9. The van der Waals surface area contributed by atoms with Crippen LogP contribution in [0.3, 0.4) is 0 Å². The van der Waals surface area contributed by atoms with Crippen molar-refractivity contribution in [2.75, 3.05) is 38.7 Å². The Morgan fingerprint density at radius 3 is 2.62 bits per heavy atom. The van der Waals surface area contributed by atoms with Gasteiger partial charge in [0.05, 0.1) is 30.9 Å². The number of aryl methyl sites for hydroxylation is 1. The van der Waals surface area contributed by atoms with Crippen molar-refractivity contribution in [3.05, 3.63) is 52.9 Å². The van der Waals surface area contributed by atoms with Crippen LogP contribution >= 0.6 is 0 Å². The number of nitrogens with one attached hydrogen (secondary N) is 2. The van der Waals surface area contributed by atoms with Gasteiger partial charge in [0.1, 0.15) is 11.4 Å². The SMILES string of the molecule is COc1ccc(S(=O)(=O)N2CCOCC2)cc1NC(=O)c1[nH]c(C)c2c1CC=CCC2=O. The minimum Gasteiger partial charge on any atom is -0.495 e. The minimum atomic E-state index is -3.75. The first-order valence-corrected chi connectivity index (χ1v) is 11.7. The number of carbonyl (C=O) groups excluding carboxylic acids is 2. The van der Waals surface area contributed by atoms with Crippen LogP contribution in [0.25, 0.3) is 0 Å². The quantitative estimate of drug-likeness (QED) is 0.663. The fourth-order valence-electron chi connectivity index (χ4n) is 4.01. The second kappa shape index (κ2) is 8.89. The van der Waals surface area contributed by atoms with Crippen LogP contribution in [0.1, 0.15) is 38.5 Å². The molecule has 1 fully saturated rings. The van der Waals surface area contributed by atoms with Gasteiger partial charge in [-0.3, -0.25) is 9.59 Å². The number of rotatable bonds is 5. The van der Waals surface area contributed by atoms with Gasteiger partial charge in [0, 0.05) is 30.8 Å². The zero-order valence-corrected chi connectivity index (χ0v) is 18.8. The summed E-state index contributed by atoms with van der Waals surface area (Å²) < 4.78 is 38.0.